The highest BCUT2D eigenvalue weighted by Gasteiger charge is 2.29. The molecule has 2 aliphatic carbocycles. The number of rotatable bonds is 11. The number of anilines is 2. The number of nitrogens with two attached hydrogens (primary N) is 1. The van der Waals surface area contributed by atoms with E-state index < -0.39 is 5.97 Å². The first-order chi connectivity index (χ1) is 26.2. The molecule has 3 aromatic heterocycles. The maximum Gasteiger partial charge on any atom is 0.365 e. The van der Waals surface area contributed by atoms with E-state index in [0.29, 0.717) is 23.2 Å². The van der Waals surface area contributed by atoms with Gasteiger partial charge in [0.15, 0.2) is 5.82 Å². The molecule has 2 saturated carbocycles. The molecule has 2 atom stereocenters. The molecule has 2 aromatic carbocycles. The lowest BCUT2D eigenvalue weighted by molar-refractivity contribution is 0.0514. The Morgan fingerprint density at radius 2 is 1.24 bits per heavy atom. The van der Waals surface area contributed by atoms with Gasteiger partial charge in [-0.15, -0.1) is 0 Å². The fraction of sp³-hybridized carbons (Fsp3) is 0.429. The first-order valence-electron chi connectivity index (χ1n) is 18.9. The van der Waals surface area contributed by atoms with Crippen LogP contribution >= 0.6 is 0 Å². The highest BCUT2D eigenvalue weighted by Crippen LogP contribution is 2.39. The minimum absolute atomic E-state index is 0.0704. The Labute approximate surface area is 323 Å². The lowest BCUT2D eigenvalue weighted by atomic mass is 10.0. The predicted molar refractivity (Wildman–Crippen MR) is 214 cm³/mol. The number of hydrogen-bond donors (Lipinski definition) is 1. The summed E-state index contributed by atoms with van der Waals surface area (Å²) in [7, 11) is 4.09. The van der Waals surface area contributed by atoms with Crippen molar-refractivity contribution in [1.82, 2.24) is 30.1 Å². The van der Waals surface area contributed by atoms with Gasteiger partial charge in [0.2, 0.25) is 0 Å². The van der Waals surface area contributed by atoms with Crippen molar-refractivity contribution >= 4 is 23.4 Å². The van der Waals surface area contributed by atoms with Crippen molar-refractivity contribution in [3.05, 3.63) is 105 Å². The fourth-order valence-electron chi connectivity index (χ4n) is 6.26. The van der Waals surface area contributed by atoms with E-state index >= 15 is 0 Å². The zero-order valence-electron chi connectivity index (χ0n) is 33.6. The number of oxime groups is 1. The smallest absolute Gasteiger partial charge is 0.365 e. The molecule has 0 aliphatic heterocycles. The van der Waals surface area contributed by atoms with Gasteiger partial charge in [0.1, 0.15) is 29.1 Å². The first kappa shape index (κ1) is 39.0. The molecule has 13 nitrogen and oxygen atoms in total. The van der Waals surface area contributed by atoms with Crippen LogP contribution in [0, 0.1) is 47.5 Å². The molecule has 7 rings (SSSR count). The summed E-state index contributed by atoms with van der Waals surface area (Å²) < 4.78 is 5.42. The molecular formula is C42H52N10O3. The largest absolute Gasteiger partial charge is 0.384 e. The summed E-state index contributed by atoms with van der Waals surface area (Å²) in [5, 5.41) is 7.83. The molecule has 2 unspecified atom stereocenters. The van der Waals surface area contributed by atoms with Gasteiger partial charge >= 0.3 is 5.97 Å². The van der Waals surface area contributed by atoms with Crippen LogP contribution in [0.2, 0.25) is 0 Å². The number of aromatic nitrogens is 6. The average molecular weight is 745 g/mol. The second-order valence-corrected chi connectivity index (χ2v) is 14.8. The molecule has 3 heterocycles. The summed E-state index contributed by atoms with van der Waals surface area (Å²) in [5.74, 6) is 5.53. The van der Waals surface area contributed by atoms with Crippen LogP contribution in [0.3, 0.4) is 0 Å². The van der Waals surface area contributed by atoms with Gasteiger partial charge < -0.3 is 24.9 Å². The van der Waals surface area contributed by atoms with Gasteiger partial charge in [-0.3, -0.25) is 0 Å². The third kappa shape index (κ3) is 9.15. The summed E-state index contributed by atoms with van der Waals surface area (Å²) >= 11 is 0. The third-order valence-corrected chi connectivity index (χ3v) is 10.7. The molecule has 2 aliphatic rings. The van der Waals surface area contributed by atoms with E-state index in [2.05, 4.69) is 85.0 Å². The standard InChI is InChI=1S/C21H27N5O2.C21H25N5O/c1-12-13(2)23-15(4)24-20(12)26(5)14(3)16-6-10-18(11-7-16)21(27)28-25-19(22)17-8-9-17;1-12-13(2)22-15(4)23-20(12)26(5)14(3)16-6-10-18(11-7-16)21-24-19(25-27-21)17-8-9-17/h6-7,10-11,14,17H,8-9H2,1-5H3,(H2,22,25);6-7,10-11,14,17H,8-9H2,1-5H3. The summed E-state index contributed by atoms with van der Waals surface area (Å²) in [5.41, 5.74) is 13.6. The summed E-state index contributed by atoms with van der Waals surface area (Å²) in [6, 6.07) is 15.9. The van der Waals surface area contributed by atoms with Crippen LogP contribution in [0.1, 0.15) is 119 Å². The van der Waals surface area contributed by atoms with Crippen LogP contribution in [0.5, 0.6) is 0 Å². The Bertz CT molecular complexity index is 2170. The van der Waals surface area contributed by atoms with Gasteiger partial charge in [0.05, 0.1) is 17.6 Å². The molecule has 0 saturated heterocycles. The normalized spacial score (nSPS) is 15.1. The molecule has 0 bridgehead atoms. The van der Waals surface area contributed by atoms with Crippen molar-refractivity contribution in [3.63, 3.8) is 0 Å². The minimum atomic E-state index is -0.506. The summed E-state index contributed by atoms with van der Waals surface area (Å²) in [6.07, 6.45) is 4.36. The maximum absolute atomic E-state index is 12.1. The molecule has 0 spiro atoms. The van der Waals surface area contributed by atoms with Crippen molar-refractivity contribution in [1.29, 1.82) is 0 Å². The van der Waals surface area contributed by atoms with Crippen LogP contribution in [0.4, 0.5) is 11.6 Å². The van der Waals surface area contributed by atoms with E-state index in [1.165, 1.54) is 18.4 Å². The second kappa shape index (κ2) is 16.3. The van der Waals surface area contributed by atoms with Gasteiger partial charge in [0, 0.05) is 54.0 Å². The third-order valence-electron chi connectivity index (χ3n) is 10.7. The molecule has 288 valence electrons. The second-order valence-electron chi connectivity index (χ2n) is 14.8. The zero-order valence-corrected chi connectivity index (χ0v) is 33.6. The molecule has 0 amide bonds. The van der Waals surface area contributed by atoms with Crippen LogP contribution in [-0.4, -0.2) is 56.0 Å². The van der Waals surface area contributed by atoms with Crippen LogP contribution in [-0.2, 0) is 4.84 Å². The van der Waals surface area contributed by atoms with E-state index in [0.717, 1.165) is 75.6 Å². The monoisotopic (exact) mass is 744 g/mol. The Balaban J connectivity index is 0.000000187. The Morgan fingerprint density at radius 3 is 1.71 bits per heavy atom. The van der Waals surface area contributed by atoms with Crippen LogP contribution < -0.4 is 15.5 Å². The van der Waals surface area contributed by atoms with Crippen molar-refractivity contribution in [2.24, 2.45) is 16.8 Å². The number of amidine groups is 1. The SMILES string of the molecule is Cc1nc(C)c(C)c(N(C)C(C)c2ccc(-c3nc(C4CC4)no3)cc2)n1.Cc1nc(C)c(C)c(N(C)C(C)c2ccc(C(=O)O/N=C(\N)C3CC3)cc2)n1. The van der Waals surface area contributed by atoms with Gasteiger partial charge in [-0.25, -0.2) is 24.7 Å². The number of benzene rings is 2. The van der Waals surface area contributed by atoms with Crippen molar-refractivity contribution in [3.8, 4) is 11.5 Å². The number of hydrogen-bond acceptors (Lipinski definition) is 12. The van der Waals surface area contributed by atoms with E-state index in [4.69, 9.17) is 15.1 Å². The van der Waals surface area contributed by atoms with Gasteiger partial charge in [-0.2, -0.15) is 4.98 Å². The first-order valence-corrected chi connectivity index (χ1v) is 18.9. The number of carbonyl (C=O) groups is 1. The predicted octanol–water partition coefficient (Wildman–Crippen LogP) is 7.96. The Hall–Kier alpha value is -5.72. The average Bonchev–Trinajstić information content (AvgIpc) is 4.14. The maximum atomic E-state index is 12.1. The molecular weight excluding hydrogens is 693 g/mol. The van der Waals surface area contributed by atoms with E-state index in [-0.39, 0.29) is 18.0 Å². The fourth-order valence-corrected chi connectivity index (χ4v) is 6.26. The number of nitrogens with zero attached hydrogens (tertiary/aromatic N) is 9. The van der Waals surface area contributed by atoms with Gasteiger partial charge in [-0.1, -0.05) is 34.6 Å². The van der Waals surface area contributed by atoms with Crippen molar-refractivity contribution < 1.29 is 14.2 Å². The molecule has 13 heteroatoms. The summed E-state index contributed by atoms with van der Waals surface area (Å²) in [6.45, 7) is 16.2. The topological polar surface area (TPSA) is 162 Å². The molecule has 0 radical (unpaired) electrons. The van der Waals surface area contributed by atoms with Crippen molar-refractivity contribution in [2.75, 3.05) is 23.9 Å². The minimum Gasteiger partial charge on any atom is -0.384 e. The number of carbonyl (C=O) groups excluding carboxylic acids is 1. The van der Waals surface area contributed by atoms with Crippen LogP contribution in [0.15, 0.2) is 58.2 Å². The lowest BCUT2D eigenvalue weighted by Gasteiger charge is -2.28. The van der Waals surface area contributed by atoms with E-state index in [1.54, 1.807) is 12.1 Å². The Morgan fingerprint density at radius 1 is 0.745 bits per heavy atom. The highest BCUT2D eigenvalue weighted by molar-refractivity contribution is 5.91. The van der Waals surface area contributed by atoms with Crippen LogP contribution in [0.25, 0.3) is 11.5 Å². The van der Waals surface area contributed by atoms with Gasteiger partial charge in [-0.05, 0) is 116 Å². The Kier molecular flexibility index (Phi) is 11.6. The molecule has 2 N–H and O–H groups in total. The van der Waals surface area contributed by atoms with Crippen molar-refractivity contribution in [2.45, 2.75) is 99.1 Å². The number of aryl methyl sites for hydroxylation is 4. The van der Waals surface area contributed by atoms with Gasteiger partial charge in [0.25, 0.3) is 5.89 Å². The van der Waals surface area contributed by atoms with E-state index in [9.17, 15) is 4.79 Å². The molecule has 5 aromatic rings. The molecule has 2 fully saturated rings. The summed E-state index contributed by atoms with van der Waals surface area (Å²) in [4.78, 5) is 44.0. The lowest BCUT2D eigenvalue weighted by Crippen LogP contribution is -2.24. The van der Waals surface area contributed by atoms with E-state index in [1.807, 2.05) is 65.9 Å². The highest BCUT2D eigenvalue weighted by atomic mass is 16.7. The molecule has 55 heavy (non-hydrogen) atoms. The quantitative estimate of drug-likeness (QED) is 0.0602. The zero-order chi connectivity index (χ0) is 39.6.